The van der Waals surface area contributed by atoms with Gasteiger partial charge < -0.3 is 20.1 Å². The quantitative estimate of drug-likeness (QED) is 0.819. The number of rotatable bonds is 5. The van der Waals surface area contributed by atoms with Crippen molar-refractivity contribution in [1.29, 1.82) is 0 Å². The van der Waals surface area contributed by atoms with Gasteiger partial charge in [0.25, 0.3) is 0 Å². The summed E-state index contributed by atoms with van der Waals surface area (Å²) in [6.07, 6.45) is 0.818. The molecule has 0 radical (unpaired) electrons. The number of nitrogens with one attached hydrogen (secondary N) is 1. The molecular formula is C19H30N2O4S. The van der Waals surface area contributed by atoms with Gasteiger partial charge in [-0.2, -0.15) is 0 Å². The molecule has 7 heteroatoms. The Morgan fingerprint density at radius 2 is 2.15 bits per heavy atom. The number of amides is 2. The number of likely N-dealkylation sites (tertiary alicyclic amines) is 1. The summed E-state index contributed by atoms with van der Waals surface area (Å²) in [4.78, 5) is 27.9. The third-order valence-electron chi connectivity index (χ3n) is 4.61. The smallest absolute Gasteiger partial charge is 0.246 e. The minimum Gasteiger partial charge on any atom is -0.388 e. The molecule has 26 heavy (non-hydrogen) atoms. The summed E-state index contributed by atoms with van der Waals surface area (Å²) in [6.45, 7) is 8.19. The predicted molar refractivity (Wildman–Crippen MR) is 102 cm³/mol. The normalized spacial score (nSPS) is 26.6. The van der Waals surface area contributed by atoms with Gasteiger partial charge in [0.1, 0.15) is 6.61 Å². The van der Waals surface area contributed by atoms with Crippen molar-refractivity contribution in [3.05, 3.63) is 22.4 Å². The maximum absolute atomic E-state index is 13.0. The van der Waals surface area contributed by atoms with E-state index >= 15 is 0 Å². The van der Waals surface area contributed by atoms with Crippen LogP contribution in [0.5, 0.6) is 0 Å². The molecule has 0 bridgehead atoms. The molecule has 2 heterocycles. The molecule has 1 aromatic rings. The Bertz CT molecular complexity index is 622. The van der Waals surface area contributed by atoms with E-state index in [-0.39, 0.29) is 23.8 Å². The van der Waals surface area contributed by atoms with Crippen LogP contribution in [0.4, 0.5) is 0 Å². The van der Waals surface area contributed by atoms with Gasteiger partial charge in [-0.3, -0.25) is 9.59 Å². The molecule has 1 fully saturated rings. The van der Waals surface area contributed by atoms with Crippen LogP contribution in [-0.4, -0.2) is 53.7 Å². The third kappa shape index (κ3) is 5.05. The van der Waals surface area contributed by atoms with Crippen molar-refractivity contribution < 1.29 is 19.4 Å². The van der Waals surface area contributed by atoms with Crippen LogP contribution in [0.2, 0.25) is 0 Å². The van der Waals surface area contributed by atoms with Crippen molar-refractivity contribution in [3.63, 3.8) is 0 Å². The lowest BCUT2D eigenvalue weighted by atomic mass is 9.81. The van der Waals surface area contributed by atoms with Gasteiger partial charge in [0.2, 0.25) is 11.8 Å². The molecule has 2 rings (SSSR count). The zero-order chi connectivity index (χ0) is 19.5. The largest absolute Gasteiger partial charge is 0.388 e. The molecule has 2 amide bonds. The van der Waals surface area contributed by atoms with Crippen LogP contribution in [0.15, 0.2) is 17.5 Å². The van der Waals surface area contributed by atoms with Crippen molar-refractivity contribution >= 4 is 23.2 Å². The summed E-state index contributed by atoms with van der Waals surface area (Å²) in [5.41, 5.74) is -1.25. The van der Waals surface area contributed by atoms with Gasteiger partial charge in [-0.25, -0.2) is 0 Å². The van der Waals surface area contributed by atoms with Crippen molar-refractivity contribution in [2.75, 3.05) is 20.3 Å². The minimum atomic E-state index is -1.11. The topological polar surface area (TPSA) is 78.9 Å². The Hall–Kier alpha value is -1.44. The molecule has 1 aliphatic rings. The molecule has 2 N–H and O–H groups in total. The zero-order valence-electron chi connectivity index (χ0n) is 16.2. The molecule has 1 aromatic heterocycles. The van der Waals surface area contributed by atoms with Gasteiger partial charge in [0.15, 0.2) is 0 Å². The number of thiophene rings is 1. The molecule has 0 unspecified atom stereocenters. The number of hydrogen-bond acceptors (Lipinski definition) is 5. The maximum Gasteiger partial charge on any atom is 0.246 e. The molecule has 0 spiro atoms. The first kappa shape index (κ1) is 20.9. The Morgan fingerprint density at radius 1 is 1.46 bits per heavy atom. The fraction of sp³-hybridized carbons (Fsp3) is 0.684. The Kier molecular flexibility index (Phi) is 6.47. The highest BCUT2D eigenvalue weighted by atomic mass is 32.1. The van der Waals surface area contributed by atoms with Crippen LogP contribution in [0.3, 0.4) is 0 Å². The van der Waals surface area contributed by atoms with E-state index in [0.717, 1.165) is 4.88 Å². The summed E-state index contributed by atoms with van der Waals surface area (Å²) in [7, 11) is 1.45. The van der Waals surface area contributed by atoms with E-state index in [9.17, 15) is 14.7 Å². The summed E-state index contributed by atoms with van der Waals surface area (Å²) in [5, 5.41) is 15.8. The SMILES string of the molecule is COCC(=O)N[C@H]1[C@H](c2cccs2)N(C(=O)CC(C)(C)C)CC[C@@]1(C)O. The lowest BCUT2D eigenvalue weighted by Crippen LogP contribution is -2.63. The van der Waals surface area contributed by atoms with Crippen LogP contribution in [0, 0.1) is 5.41 Å². The monoisotopic (exact) mass is 382 g/mol. The lowest BCUT2D eigenvalue weighted by Gasteiger charge is -2.49. The standard InChI is InChI=1S/C19H30N2O4S/c1-18(2,3)11-15(23)21-9-8-19(4,24)17(20-14(22)12-25-5)16(21)13-7-6-10-26-13/h6-7,10,16-17,24H,8-9,11-12H2,1-5H3,(H,20,22)/t16-,17-,19+/m0/s1. The second kappa shape index (κ2) is 8.06. The van der Waals surface area contributed by atoms with E-state index in [0.29, 0.717) is 19.4 Å². The van der Waals surface area contributed by atoms with Crippen molar-refractivity contribution in [2.24, 2.45) is 5.41 Å². The molecule has 1 saturated heterocycles. The molecule has 3 atom stereocenters. The van der Waals surface area contributed by atoms with E-state index in [4.69, 9.17) is 4.74 Å². The molecular weight excluding hydrogens is 352 g/mol. The predicted octanol–water partition coefficient (Wildman–Crippen LogP) is 2.34. The Balaban J connectivity index is 2.37. The number of aliphatic hydroxyl groups is 1. The second-order valence-electron chi connectivity index (χ2n) is 8.37. The lowest BCUT2D eigenvalue weighted by molar-refractivity contribution is -0.148. The van der Waals surface area contributed by atoms with E-state index in [1.54, 1.807) is 6.92 Å². The number of carbonyl (C=O) groups excluding carboxylic acids is 2. The van der Waals surface area contributed by atoms with E-state index in [1.807, 2.05) is 43.2 Å². The minimum absolute atomic E-state index is 0.0393. The number of hydrogen-bond donors (Lipinski definition) is 2. The summed E-state index contributed by atoms with van der Waals surface area (Å²) in [5.74, 6) is -0.262. The van der Waals surface area contributed by atoms with Gasteiger partial charge in [0, 0.05) is 25.0 Å². The number of carbonyl (C=O) groups is 2. The number of methoxy groups -OCH3 is 1. The molecule has 1 aliphatic heterocycles. The van der Waals surface area contributed by atoms with Crippen LogP contribution in [-0.2, 0) is 14.3 Å². The van der Waals surface area contributed by atoms with Gasteiger partial charge in [0.05, 0.1) is 17.7 Å². The van der Waals surface area contributed by atoms with Crippen LogP contribution in [0.1, 0.15) is 51.5 Å². The average Bonchev–Trinajstić information content (AvgIpc) is 3.01. The van der Waals surface area contributed by atoms with Gasteiger partial charge >= 0.3 is 0 Å². The van der Waals surface area contributed by atoms with Gasteiger partial charge in [-0.15, -0.1) is 11.3 Å². The van der Waals surface area contributed by atoms with Gasteiger partial charge in [-0.1, -0.05) is 26.8 Å². The molecule has 146 valence electrons. The Labute approximate surface area is 159 Å². The maximum atomic E-state index is 13.0. The molecule has 0 saturated carbocycles. The number of nitrogens with zero attached hydrogens (tertiary/aromatic N) is 1. The average molecular weight is 383 g/mol. The highest BCUT2D eigenvalue weighted by Gasteiger charge is 2.48. The highest BCUT2D eigenvalue weighted by Crippen LogP contribution is 2.40. The third-order valence-corrected chi connectivity index (χ3v) is 5.55. The molecule has 0 aromatic carbocycles. The molecule has 0 aliphatic carbocycles. The fourth-order valence-corrected chi connectivity index (χ4v) is 4.23. The second-order valence-corrected chi connectivity index (χ2v) is 9.35. The van der Waals surface area contributed by atoms with Gasteiger partial charge in [-0.05, 0) is 30.2 Å². The first-order valence-electron chi connectivity index (χ1n) is 8.89. The van der Waals surface area contributed by atoms with E-state index in [1.165, 1.54) is 18.4 Å². The van der Waals surface area contributed by atoms with Crippen LogP contribution >= 0.6 is 11.3 Å². The number of piperidine rings is 1. The Morgan fingerprint density at radius 3 is 2.69 bits per heavy atom. The van der Waals surface area contributed by atoms with Crippen molar-refractivity contribution in [3.8, 4) is 0 Å². The van der Waals surface area contributed by atoms with Crippen LogP contribution < -0.4 is 5.32 Å². The number of ether oxygens (including phenoxy) is 1. The van der Waals surface area contributed by atoms with E-state index in [2.05, 4.69) is 5.32 Å². The first-order valence-corrected chi connectivity index (χ1v) is 9.77. The van der Waals surface area contributed by atoms with Crippen molar-refractivity contribution in [1.82, 2.24) is 10.2 Å². The molecule has 6 nitrogen and oxygen atoms in total. The summed E-state index contributed by atoms with van der Waals surface area (Å²) >= 11 is 1.53. The summed E-state index contributed by atoms with van der Waals surface area (Å²) in [6, 6.07) is 2.88. The highest BCUT2D eigenvalue weighted by molar-refractivity contribution is 7.10. The van der Waals surface area contributed by atoms with Crippen LogP contribution in [0.25, 0.3) is 0 Å². The van der Waals surface area contributed by atoms with E-state index < -0.39 is 17.7 Å². The van der Waals surface area contributed by atoms with Crippen molar-refractivity contribution in [2.45, 2.75) is 58.2 Å². The first-order chi connectivity index (χ1) is 12.0. The fourth-order valence-electron chi connectivity index (χ4n) is 3.35. The summed E-state index contributed by atoms with van der Waals surface area (Å²) < 4.78 is 4.91. The zero-order valence-corrected chi connectivity index (χ0v) is 17.1.